The molecule has 27 heavy (non-hydrogen) atoms. The number of nitrogens with zero attached hydrogens (tertiary/aromatic N) is 1. The fraction of sp³-hybridized carbons (Fsp3) is 0.474. The number of amides is 3. The number of piperidine rings is 1. The van der Waals surface area contributed by atoms with Gasteiger partial charge in [0, 0.05) is 13.5 Å². The average Bonchev–Trinajstić information content (AvgIpc) is 2.93. The van der Waals surface area contributed by atoms with Crippen molar-refractivity contribution in [3.8, 4) is 5.75 Å². The van der Waals surface area contributed by atoms with Crippen molar-refractivity contribution in [2.45, 2.75) is 37.8 Å². The van der Waals surface area contributed by atoms with Gasteiger partial charge in [-0.15, -0.1) is 0 Å². The van der Waals surface area contributed by atoms with Gasteiger partial charge in [0.2, 0.25) is 5.91 Å². The standard InChI is InChI=1S/C19H23N3O5/c1-20-17(24)16(3-2-10-23)22-18(25)14-5-4-13(11-15(14)19(22)26)27-12-6-8-21-9-7-12/h4-5,10-12,16,21H,2-3,6-9H2,1H3,(H,20,24). The second-order valence-electron chi connectivity index (χ2n) is 6.63. The predicted octanol–water partition coefficient (Wildman–Crippen LogP) is 0.507. The third-order valence-corrected chi connectivity index (χ3v) is 4.90. The molecule has 3 amide bonds. The summed E-state index contributed by atoms with van der Waals surface area (Å²) in [4.78, 5) is 49.4. The molecule has 2 aliphatic rings. The van der Waals surface area contributed by atoms with Gasteiger partial charge in [0.1, 0.15) is 24.2 Å². The van der Waals surface area contributed by atoms with E-state index in [9.17, 15) is 19.2 Å². The monoisotopic (exact) mass is 373 g/mol. The van der Waals surface area contributed by atoms with E-state index in [1.54, 1.807) is 18.2 Å². The number of carbonyl (C=O) groups is 4. The number of hydrogen-bond donors (Lipinski definition) is 2. The molecule has 0 aromatic heterocycles. The van der Waals surface area contributed by atoms with Crippen LogP contribution in [0.5, 0.6) is 5.75 Å². The summed E-state index contributed by atoms with van der Waals surface area (Å²) in [6.07, 6.45) is 2.65. The number of carbonyl (C=O) groups excluding carboxylic acids is 4. The van der Waals surface area contributed by atoms with E-state index in [1.807, 2.05) is 0 Å². The van der Waals surface area contributed by atoms with E-state index in [2.05, 4.69) is 10.6 Å². The van der Waals surface area contributed by atoms with Gasteiger partial charge in [-0.2, -0.15) is 0 Å². The molecule has 8 heteroatoms. The maximum Gasteiger partial charge on any atom is 0.262 e. The number of fused-ring (bicyclic) bond motifs is 1. The summed E-state index contributed by atoms with van der Waals surface area (Å²) >= 11 is 0. The first-order valence-electron chi connectivity index (χ1n) is 9.11. The van der Waals surface area contributed by atoms with Crippen molar-refractivity contribution in [2.75, 3.05) is 20.1 Å². The molecule has 144 valence electrons. The molecule has 3 rings (SSSR count). The Morgan fingerprint density at radius 1 is 1.30 bits per heavy atom. The minimum Gasteiger partial charge on any atom is -0.490 e. The summed E-state index contributed by atoms with van der Waals surface area (Å²) < 4.78 is 5.95. The van der Waals surface area contributed by atoms with Crippen molar-refractivity contribution < 1.29 is 23.9 Å². The van der Waals surface area contributed by atoms with Crippen molar-refractivity contribution >= 4 is 24.0 Å². The van der Waals surface area contributed by atoms with Gasteiger partial charge in [-0.25, -0.2) is 0 Å². The molecule has 2 heterocycles. The Morgan fingerprint density at radius 3 is 2.67 bits per heavy atom. The highest BCUT2D eigenvalue weighted by atomic mass is 16.5. The largest absolute Gasteiger partial charge is 0.490 e. The lowest BCUT2D eigenvalue weighted by Crippen LogP contribution is -2.48. The van der Waals surface area contributed by atoms with E-state index in [0.717, 1.165) is 30.8 Å². The van der Waals surface area contributed by atoms with Crippen LogP contribution >= 0.6 is 0 Å². The van der Waals surface area contributed by atoms with E-state index < -0.39 is 23.8 Å². The van der Waals surface area contributed by atoms with Gasteiger partial charge in [-0.1, -0.05) is 0 Å². The maximum atomic E-state index is 12.8. The zero-order chi connectivity index (χ0) is 19.4. The number of likely N-dealkylation sites (N-methyl/N-ethyl adjacent to an activating group) is 1. The summed E-state index contributed by atoms with van der Waals surface area (Å²) in [5.41, 5.74) is 0.476. The predicted molar refractivity (Wildman–Crippen MR) is 96.6 cm³/mol. The summed E-state index contributed by atoms with van der Waals surface area (Å²) in [5.74, 6) is -1.00. The third kappa shape index (κ3) is 3.85. The molecule has 0 bridgehead atoms. The smallest absolute Gasteiger partial charge is 0.262 e. The first kappa shape index (κ1) is 19.0. The lowest BCUT2D eigenvalue weighted by molar-refractivity contribution is -0.124. The summed E-state index contributed by atoms with van der Waals surface area (Å²) in [7, 11) is 1.43. The Hall–Kier alpha value is -2.74. The zero-order valence-corrected chi connectivity index (χ0v) is 15.2. The van der Waals surface area contributed by atoms with Crippen LogP contribution in [0.15, 0.2) is 18.2 Å². The molecule has 0 spiro atoms. The van der Waals surface area contributed by atoms with Crippen LogP contribution in [0, 0.1) is 0 Å². The van der Waals surface area contributed by atoms with Gasteiger partial charge >= 0.3 is 0 Å². The SMILES string of the molecule is CNC(=O)C(CCC=O)N1C(=O)c2ccc(OC3CCNCC3)cc2C1=O. The van der Waals surface area contributed by atoms with Crippen molar-refractivity contribution in [1.82, 2.24) is 15.5 Å². The highest BCUT2D eigenvalue weighted by molar-refractivity contribution is 6.23. The maximum absolute atomic E-state index is 12.8. The first-order chi connectivity index (χ1) is 13.1. The Balaban J connectivity index is 1.83. The molecule has 1 aromatic rings. The Morgan fingerprint density at radius 2 is 2.00 bits per heavy atom. The fourth-order valence-corrected chi connectivity index (χ4v) is 3.47. The summed E-state index contributed by atoms with van der Waals surface area (Å²) in [6.45, 7) is 1.76. The number of nitrogens with one attached hydrogen (secondary N) is 2. The first-order valence-corrected chi connectivity index (χ1v) is 9.11. The van der Waals surface area contributed by atoms with Gasteiger partial charge < -0.3 is 20.2 Å². The minimum atomic E-state index is -1.01. The van der Waals surface area contributed by atoms with Gasteiger partial charge in [-0.3, -0.25) is 19.3 Å². The van der Waals surface area contributed by atoms with Gasteiger partial charge in [0.05, 0.1) is 11.1 Å². The topological polar surface area (TPSA) is 105 Å². The van der Waals surface area contributed by atoms with E-state index in [4.69, 9.17) is 4.74 Å². The van der Waals surface area contributed by atoms with Gasteiger partial charge in [0.15, 0.2) is 0 Å². The van der Waals surface area contributed by atoms with Gasteiger partial charge in [0.25, 0.3) is 11.8 Å². The lowest BCUT2D eigenvalue weighted by atomic mass is 10.1. The highest BCUT2D eigenvalue weighted by Crippen LogP contribution is 2.30. The van der Waals surface area contributed by atoms with E-state index in [0.29, 0.717) is 12.0 Å². The Bertz CT molecular complexity index is 758. The van der Waals surface area contributed by atoms with Crippen molar-refractivity contribution in [3.05, 3.63) is 29.3 Å². The molecule has 1 fully saturated rings. The molecule has 1 atom stereocenters. The number of benzene rings is 1. The molecule has 0 aliphatic carbocycles. The second kappa shape index (κ2) is 8.30. The van der Waals surface area contributed by atoms with E-state index in [1.165, 1.54) is 7.05 Å². The molecule has 0 radical (unpaired) electrons. The summed E-state index contributed by atoms with van der Waals surface area (Å²) in [6, 6.07) is 3.79. The number of ether oxygens (including phenoxy) is 1. The molecular weight excluding hydrogens is 350 g/mol. The van der Waals surface area contributed by atoms with Crippen LogP contribution in [0.4, 0.5) is 0 Å². The molecule has 2 N–H and O–H groups in total. The number of rotatable bonds is 7. The van der Waals surface area contributed by atoms with Crippen LogP contribution in [0.2, 0.25) is 0 Å². The Kier molecular flexibility index (Phi) is 5.85. The van der Waals surface area contributed by atoms with Crippen LogP contribution < -0.4 is 15.4 Å². The quantitative estimate of drug-likeness (QED) is 0.533. The minimum absolute atomic E-state index is 0.0684. The van der Waals surface area contributed by atoms with Crippen molar-refractivity contribution in [2.24, 2.45) is 0 Å². The third-order valence-electron chi connectivity index (χ3n) is 4.90. The van der Waals surface area contributed by atoms with Crippen molar-refractivity contribution in [1.29, 1.82) is 0 Å². The lowest BCUT2D eigenvalue weighted by Gasteiger charge is -2.24. The molecule has 1 unspecified atom stereocenters. The molecule has 2 aliphatic heterocycles. The van der Waals surface area contributed by atoms with Crippen molar-refractivity contribution in [3.63, 3.8) is 0 Å². The molecule has 8 nitrogen and oxygen atoms in total. The average molecular weight is 373 g/mol. The van der Waals surface area contributed by atoms with Crippen LogP contribution in [0.25, 0.3) is 0 Å². The van der Waals surface area contributed by atoms with Crippen LogP contribution in [0.3, 0.4) is 0 Å². The summed E-state index contributed by atoms with van der Waals surface area (Å²) in [5, 5.41) is 5.71. The van der Waals surface area contributed by atoms with Gasteiger partial charge in [-0.05, 0) is 50.6 Å². The second-order valence-corrected chi connectivity index (χ2v) is 6.63. The normalized spacial score (nSPS) is 18.2. The van der Waals surface area contributed by atoms with E-state index >= 15 is 0 Å². The molecule has 1 saturated heterocycles. The highest BCUT2D eigenvalue weighted by Gasteiger charge is 2.42. The van der Waals surface area contributed by atoms with E-state index in [-0.39, 0.29) is 30.1 Å². The number of aldehydes is 1. The molecule has 1 aromatic carbocycles. The molecule has 0 saturated carbocycles. The number of imide groups is 1. The van der Waals surface area contributed by atoms with Crippen LogP contribution in [-0.2, 0) is 9.59 Å². The van der Waals surface area contributed by atoms with Crippen LogP contribution in [0.1, 0.15) is 46.4 Å². The molecular formula is C19H23N3O5. The number of hydrogen-bond acceptors (Lipinski definition) is 6. The Labute approximate surface area is 157 Å². The fourth-order valence-electron chi connectivity index (χ4n) is 3.47. The van der Waals surface area contributed by atoms with Crippen LogP contribution in [-0.4, -0.2) is 61.2 Å². The zero-order valence-electron chi connectivity index (χ0n) is 15.2.